The fourth-order valence-electron chi connectivity index (χ4n) is 3.05. The molecule has 0 unspecified atom stereocenters. The molecule has 2 aromatic carbocycles. The highest BCUT2D eigenvalue weighted by Crippen LogP contribution is 2.28. The Morgan fingerprint density at radius 2 is 1.93 bits per heavy atom. The summed E-state index contributed by atoms with van der Waals surface area (Å²) in [4.78, 5) is 19.7. The fraction of sp³-hybridized carbons (Fsp3) is 0.238. The van der Waals surface area contributed by atoms with Gasteiger partial charge in [-0.15, -0.1) is 0 Å². The van der Waals surface area contributed by atoms with Crippen LogP contribution in [0.25, 0.3) is 6.08 Å². The molecule has 138 valence electrons. The van der Waals surface area contributed by atoms with E-state index in [2.05, 4.69) is 27.3 Å². The first-order valence-corrected chi connectivity index (χ1v) is 9.78. The number of morpholine rings is 1. The second-order valence-electron chi connectivity index (χ2n) is 6.51. The van der Waals surface area contributed by atoms with Gasteiger partial charge < -0.3 is 15.0 Å². The Kier molecular flexibility index (Phi) is 5.27. The van der Waals surface area contributed by atoms with E-state index >= 15 is 0 Å². The van der Waals surface area contributed by atoms with Gasteiger partial charge in [0.25, 0.3) is 5.91 Å². The van der Waals surface area contributed by atoms with Gasteiger partial charge in [-0.2, -0.15) is 0 Å². The van der Waals surface area contributed by atoms with Gasteiger partial charge in [-0.05, 0) is 60.2 Å². The zero-order valence-electron chi connectivity index (χ0n) is 15.1. The number of amidine groups is 1. The molecule has 1 amide bonds. The van der Waals surface area contributed by atoms with E-state index in [0.717, 1.165) is 43.1 Å². The Labute approximate surface area is 163 Å². The second-order valence-corrected chi connectivity index (χ2v) is 7.54. The lowest BCUT2D eigenvalue weighted by atomic mass is 10.1. The van der Waals surface area contributed by atoms with Crippen molar-refractivity contribution >= 4 is 40.3 Å². The summed E-state index contributed by atoms with van der Waals surface area (Å²) in [6, 6.07) is 16.2. The first-order chi connectivity index (χ1) is 13.2. The maximum atomic E-state index is 12.3. The number of carbonyl (C=O) groups excluding carboxylic acids is 1. The van der Waals surface area contributed by atoms with Gasteiger partial charge in [0.15, 0.2) is 5.17 Å². The predicted molar refractivity (Wildman–Crippen MR) is 111 cm³/mol. The van der Waals surface area contributed by atoms with Crippen LogP contribution in [0.1, 0.15) is 11.1 Å². The fourth-order valence-corrected chi connectivity index (χ4v) is 3.89. The van der Waals surface area contributed by atoms with E-state index in [0.29, 0.717) is 10.1 Å². The van der Waals surface area contributed by atoms with Crippen LogP contribution in [0.3, 0.4) is 0 Å². The number of nitrogens with one attached hydrogen (secondary N) is 1. The SMILES string of the molecule is Cc1cccc(N=C2NC(=O)/C(=C\c3ccc(N4CCOCC4)cc3)S2)c1. The summed E-state index contributed by atoms with van der Waals surface area (Å²) in [7, 11) is 0. The van der Waals surface area contributed by atoms with Crippen LogP contribution in [-0.2, 0) is 9.53 Å². The summed E-state index contributed by atoms with van der Waals surface area (Å²) in [5.74, 6) is -0.108. The number of aryl methyl sites for hydroxylation is 1. The summed E-state index contributed by atoms with van der Waals surface area (Å²) in [6.07, 6.45) is 1.90. The summed E-state index contributed by atoms with van der Waals surface area (Å²) < 4.78 is 5.39. The minimum absolute atomic E-state index is 0.108. The van der Waals surface area contributed by atoms with Crippen molar-refractivity contribution in [3.8, 4) is 0 Å². The molecule has 0 aliphatic carbocycles. The van der Waals surface area contributed by atoms with Gasteiger partial charge in [0.1, 0.15) is 0 Å². The second kappa shape index (κ2) is 7.98. The van der Waals surface area contributed by atoms with E-state index in [9.17, 15) is 4.79 Å². The molecular weight excluding hydrogens is 358 g/mol. The Morgan fingerprint density at radius 3 is 2.67 bits per heavy atom. The van der Waals surface area contributed by atoms with E-state index < -0.39 is 0 Å². The average molecular weight is 379 g/mol. The van der Waals surface area contributed by atoms with Crippen molar-refractivity contribution in [1.82, 2.24) is 5.32 Å². The highest BCUT2D eigenvalue weighted by molar-refractivity contribution is 8.18. The minimum Gasteiger partial charge on any atom is -0.378 e. The van der Waals surface area contributed by atoms with Crippen LogP contribution in [-0.4, -0.2) is 37.4 Å². The van der Waals surface area contributed by atoms with Crippen LogP contribution in [0.15, 0.2) is 58.4 Å². The zero-order valence-corrected chi connectivity index (χ0v) is 16.0. The Balaban J connectivity index is 1.48. The number of ether oxygens (including phenoxy) is 1. The number of hydrogen-bond donors (Lipinski definition) is 1. The van der Waals surface area contributed by atoms with Crippen molar-refractivity contribution in [3.05, 3.63) is 64.6 Å². The normalized spacial score (nSPS) is 20.3. The number of amides is 1. The summed E-state index contributed by atoms with van der Waals surface area (Å²) in [5, 5.41) is 3.45. The third kappa shape index (κ3) is 4.40. The molecule has 2 fully saturated rings. The molecule has 27 heavy (non-hydrogen) atoms. The van der Waals surface area contributed by atoms with Crippen LogP contribution in [0.5, 0.6) is 0 Å². The number of rotatable bonds is 3. The topological polar surface area (TPSA) is 53.9 Å². The van der Waals surface area contributed by atoms with Gasteiger partial charge in [-0.1, -0.05) is 24.3 Å². The quantitative estimate of drug-likeness (QED) is 0.826. The number of anilines is 1. The molecule has 2 aliphatic heterocycles. The van der Waals surface area contributed by atoms with Crippen LogP contribution < -0.4 is 10.2 Å². The third-order valence-corrected chi connectivity index (χ3v) is 5.36. The summed E-state index contributed by atoms with van der Waals surface area (Å²) >= 11 is 1.37. The van der Waals surface area contributed by atoms with E-state index in [1.807, 2.05) is 49.4 Å². The number of carbonyl (C=O) groups is 1. The lowest BCUT2D eigenvalue weighted by Crippen LogP contribution is -2.36. The molecular formula is C21H21N3O2S. The standard InChI is InChI=1S/C21H21N3O2S/c1-15-3-2-4-17(13-15)22-21-23-20(25)19(27-21)14-16-5-7-18(8-6-16)24-9-11-26-12-10-24/h2-8,13-14H,9-12H2,1H3,(H,22,23,25)/b19-14+. The molecule has 0 bridgehead atoms. The molecule has 4 rings (SSSR count). The smallest absolute Gasteiger partial charge is 0.264 e. The van der Waals surface area contributed by atoms with E-state index in [4.69, 9.17) is 4.74 Å². The molecule has 2 aliphatic rings. The van der Waals surface area contributed by atoms with Gasteiger partial charge in [0, 0.05) is 18.8 Å². The van der Waals surface area contributed by atoms with Crippen molar-refractivity contribution in [1.29, 1.82) is 0 Å². The predicted octanol–water partition coefficient (Wildman–Crippen LogP) is 3.72. The lowest BCUT2D eigenvalue weighted by molar-refractivity contribution is -0.115. The van der Waals surface area contributed by atoms with Crippen molar-refractivity contribution < 1.29 is 9.53 Å². The number of nitrogens with zero attached hydrogens (tertiary/aromatic N) is 2. The highest BCUT2D eigenvalue weighted by Gasteiger charge is 2.23. The number of hydrogen-bond acceptors (Lipinski definition) is 5. The first-order valence-electron chi connectivity index (χ1n) is 8.96. The third-order valence-electron chi connectivity index (χ3n) is 4.45. The van der Waals surface area contributed by atoms with Gasteiger partial charge in [-0.25, -0.2) is 4.99 Å². The van der Waals surface area contributed by atoms with Crippen LogP contribution in [0.2, 0.25) is 0 Å². The molecule has 2 saturated heterocycles. The largest absolute Gasteiger partial charge is 0.378 e. The molecule has 0 aromatic heterocycles. The zero-order chi connectivity index (χ0) is 18.6. The van der Waals surface area contributed by atoms with Crippen LogP contribution in [0, 0.1) is 6.92 Å². The number of thioether (sulfide) groups is 1. The summed E-state index contributed by atoms with van der Waals surface area (Å²) in [6.45, 7) is 5.39. The molecule has 2 aromatic rings. The van der Waals surface area contributed by atoms with Crippen molar-refractivity contribution in [2.24, 2.45) is 4.99 Å². The van der Waals surface area contributed by atoms with Gasteiger partial charge in [-0.3, -0.25) is 4.79 Å². The monoisotopic (exact) mass is 379 g/mol. The van der Waals surface area contributed by atoms with Gasteiger partial charge in [0.05, 0.1) is 23.8 Å². The van der Waals surface area contributed by atoms with E-state index in [-0.39, 0.29) is 5.91 Å². The molecule has 0 spiro atoms. The minimum atomic E-state index is -0.108. The van der Waals surface area contributed by atoms with Gasteiger partial charge >= 0.3 is 0 Å². The van der Waals surface area contributed by atoms with Crippen LogP contribution in [0.4, 0.5) is 11.4 Å². The first kappa shape index (κ1) is 17.8. The van der Waals surface area contributed by atoms with E-state index in [1.165, 1.54) is 17.4 Å². The Hall–Kier alpha value is -2.57. The van der Waals surface area contributed by atoms with Crippen LogP contribution >= 0.6 is 11.8 Å². The Morgan fingerprint density at radius 1 is 1.15 bits per heavy atom. The molecule has 0 saturated carbocycles. The van der Waals surface area contributed by atoms with Crippen molar-refractivity contribution in [3.63, 3.8) is 0 Å². The van der Waals surface area contributed by atoms with Gasteiger partial charge in [0.2, 0.25) is 0 Å². The van der Waals surface area contributed by atoms with E-state index in [1.54, 1.807) is 0 Å². The molecule has 5 nitrogen and oxygen atoms in total. The number of aliphatic imine (C=N–C) groups is 1. The number of benzene rings is 2. The van der Waals surface area contributed by atoms with Crippen molar-refractivity contribution in [2.75, 3.05) is 31.2 Å². The average Bonchev–Trinajstić information content (AvgIpc) is 3.02. The maximum Gasteiger partial charge on any atom is 0.264 e. The van der Waals surface area contributed by atoms with Crippen molar-refractivity contribution in [2.45, 2.75) is 6.92 Å². The highest BCUT2D eigenvalue weighted by atomic mass is 32.2. The molecule has 2 heterocycles. The lowest BCUT2D eigenvalue weighted by Gasteiger charge is -2.28. The summed E-state index contributed by atoms with van der Waals surface area (Å²) in [5.41, 5.74) is 4.17. The Bertz CT molecular complexity index is 900. The molecule has 0 radical (unpaired) electrons. The molecule has 0 atom stereocenters. The molecule has 6 heteroatoms. The maximum absolute atomic E-state index is 12.3. The molecule has 1 N–H and O–H groups in total.